The average molecular weight is 397 g/mol. The second-order valence-electron chi connectivity index (χ2n) is 7.04. The van der Waals surface area contributed by atoms with Gasteiger partial charge < -0.3 is 20.3 Å². The van der Waals surface area contributed by atoms with Gasteiger partial charge in [-0.3, -0.25) is 14.4 Å². The lowest BCUT2D eigenvalue weighted by Crippen LogP contribution is -2.35. The first-order valence-corrected chi connectivity index (χ1v) is 9.30. The van der Waals surface area contributed by atoms with E-state index in [0.29, 0.717) is 11.3 Å². The molecule has 0 saturated heterocycles. The highest BCUT2D eigenvalue weighted by molar-refractivity contribution is 5.97. The smallest absolute Gasteiger partial charge is 0.326 e. The predicted octanol–water partition coefficient (Wildman–Crippen LogP) is 2.67. The Morgan fingerprint density at radius 1 is 1.00 bits per heavy atom. The molecule has 2 aromatic rings. The molecule has 7 nitrogen and oxygen atoms in total. The number of ether oxygens (including phenoxy) is 1. The Labute approximate surface area is 171 Å². The van der Waals surface area contributed by atoms with Crippen LogP contribution < -0.4 is 15.5 Å². The quantitative estimate of drug-likeness (QED) is 0.702. The van der Waals surface area contributed by atoms with Crippen LogP contribution in [0.3, 0.4) is 0 Å². The molecule has 0 saturated carbocycles. The molecule has 0 unspecified atom stereocenters. The summed E-state index contributed by atoms with van der Waals surface area (Å²) in [5, 5.41) is 5.20. The van der Waals surface area contributed by atoms with E-state index in [-0.39, 0.29) is 12.5 Å². The summed E-state index contributed by atoms with van der Waals surface area (Å²) in [6.45, 7) is 5.03. The fourth-order valence-corrected chi connectivity index (χ4v) is 2.52. The third-order valence-electron chi connectivity index (χ3n) is 4.49. The Hall–Kier alpha value is -3.35. The van der Waals surface area contributed by atoms with Crippen molar-refractivity contribution in [3.8, 4) is 0 Å². The van der Waals surface area contributed by atoms with Crippen molar-refractivity contribution in [1.82, 2.24) is 5.32 Å². The molecule has 1 atom stereocenters. The first-order valence-electron chi connectivity index (χ1n) is 9.30. The van der Waals surface area contributed by atoms with Gasteiger partial charge in [-0.05, 0) is 68.3 Å². The van der Waals surface area contributed by atoms with E-state index in [2.05, 4.69) is 10.6 Å². The number of hydrogen-bond donors (Lipinski definition) is 2. The van der Waals surface area contributed by atoms with Crippen molar-refractivity contribution >= 4 is 29.2 Å². The second-order valence-corrected chi connectivity index (χ2v) is 7.04. The Morgan fingerprint density at radius 3 is 2.24 bits per heavy atom. The van der Waals surface area contributed by atoms with Crippen LogP contribution in [0, 0.1) is 13.8 Å². The maximum atomic E-state index is 12.2. The Bertz CT molecular complexity index is 891. The van der Waals surface area contributed by atoms with Crippen molar-refractivity contribution < 1.29 is 19.1 Å². The third-order valence-corrected chi connectivity index (χ3v) is 4.49. The van der Waals surface area contributed by atoms with Crippen molar-refractivity contribution in [3.05, 3.63) is 59.2 Å². The van der Waals surface area contributed by atoms with Gasteiger partial charge in [0.1, 0.15) is 6.54 Å². The van der Waals surface area contributed by atoms with E-state index in [1.165, 1.54) is 6.92 Å². The minimum atomic E-state index is -0.991. The van der Waals surface area contributed by atoms with Gasteiger partial charge in [0.15, 0.2) is 6.10 Å². The highest BCUT2D eigenvalue weighted by atomic mass is 16.5. The van der Waals surface area contributed by atoms with Crippen molar-refractivity contribution in [1.29, 1.82) is 0 Å². The van der Waals surface area contributed by atoms with Gasteiger partial charge in [-0.15, -0.1) is 0 Å². The lowest BCUT2D eigenvalue weighted by atomic mass is 10.1. The summed E-state index contributed by atoms with van der Waals surface area (Å²) in [5.74, 6) is -1.51. The zero-order valence-corrected chi connectivity index (χ0v) is 17.4. The molecular formula is C22H27N3O4. The van der Waals surface area contributed by atoms with E-state index in [1.54, 1.807) is 24.3 Å². The number of aryl methyl sites for hydroxylation is 2. The fourth-order valence-electron chi connectivity index (χ4n) is 2.52. The van der Waals surface area contributed by atoms with Gasteiger partial charge in [0.25, 0.3) is 11.8 Å². The molecule has 29 heavy (non-hydrogen) atoms. The van der Waals surface area contributed by atoms with Gasteiger partial charge >= 0.3 is 5.97 Å². The highest BCUT2D eigenvalue weighted by Crippen LogP contribution is 2.16. The topological polar surface area (TPSA) is 87.7 Å². The first kappa shape index (κ1) is 21.9. The van der Waals surface area contributed by atoms with Crippen LogP contribution >= 0.6 is 0 Å². The van der Waals surface area contributed by atoms with E-state index in [0.717, 1.165) is 16.8 Å². The summed E-state index contributed by atoms with van der Waals surface area (Å²) in [6.07, 6.45) is -0.991. The Morgan fingerprint density at radius 2 is 1.66 bits per heavy atom. The monoisotopic (exact) mass is 397 g/mol. The summed E-state index contributed by atoms with van der Waals surface area (Å²) in [4.78, 5) is 38.3. The van der Waals surface area contributed by atoms with Crippen LogP contribution in [0.15, 0.2) is 42.5 Å². The van der Waals surface area contributed by atoms with Gasteiger partial charge in [-0.2, -0.15) is 0 Å². The second kappa shape index (κ2) is 9.73. The molecule has 2 N–H and O–H groups in total. The number of carbonyl (C=O) groups is 3. The lowest BCUT2D eigenvalue weighted by molar-refractivity contribution is -0.152. The van der Waals surface area contributed by atoms with Crippen molar-refractivity contribution in [2.75, 3.05) is 30.9 Å². The fraction of sp³-hybridized carbons (Fsp3) is 0.318. The molecule has 0 bridgehead atoms. The minimum absolute atomic E-state index is 0.319. The van der Waals surface area contributed by atoms with Crippen LogP contribution in [0.4, 0.5) is 11.4 Å². The molecule has 0 radical (unpaired) electrons. The molecule has 0 aliphatic rings. The molecule has 2 amide bonds. The van der Waals surface area contributed by atoms with Gasteiger partial charge in [0.2, 0.25) is 0 Å². The van der Waals surface area contributed by atoms with Crippen molar-refractivity contribution in [3.63, 3.8) is 0 Å². The van der Waals surface area contributed by atoms with Gasteiger partial charge in [0.05, 0.1) is 0 Å². The number of hydrogen-bond acceptors (Lipinski definition) is 5. The maximum Gasteiger partial charge on any atom is 0.326 e. The largest absolute Gasteiger partial charge is 0.451 e. The SMILES string of the molecule is Cc1ccc(C(=O)NCC(=O)O[C@H](C)C(=O)Nc2ccc(N(C)C)cc2)cc1C. The number of rotatable bonds is 7. The molecular weight excluding hydrogens is 370 g/mol. The van der Waals surface area contributed by atoms with Crippen LogP contribution in [0.5, 0.6) is 0 Å². The summed E-state index contributed by atoms with van der Waals surface area (Å²) < 4.78 is 5.10. The number of benzene rings is 2. The average Bonchev–Trinajstić information content (AvgIpc) is 2.68. The third kappa shape index (κ3) is 6.34. The molecule has 7 heteroatoms. The van der Waals surface area contributed by atoms with Crippen molar-refractivity contribution in [2.45, 2.75) is 26.9 Å². The number of carbonyl (C=O) groups excluding carboxylic acids is 3. The minimum Gasteiger partial charge on any atom is -0.451 e. The van der Waals surface area contributed by atoms with Crippen LogP contribution in [0.1, 0.15) is 28.4 Å². The molecule has 0 fully saturated rings. The molecule has 0 spiro atoms. The Kier molecular flexibility index (Phi) is 7.36. The Balaban J connectivity index is 1.82. The van der Waals surface area contributed by atoms with E-state index >= 15 is 0 Å². The number of nitrogens with zero attached hydrogens (tertiary/aromatic N) is 1. The summed E-state index contributed by atoms with van der Waals surface area (Å²) in [7, 11) is 3.85. The number of anilines is 2. The predicted molar refractivity (Wildman–Crippen MR) is 113 cm³/mol. The van der Waals surface area contributed by atoms with Crippen LogP contribution in [-0.2, 0) is 14.3 Å². The number of amides is 2. The highest BCUT2D eigenvalue weighted by Gasteiger charge is 2.18. The zero-order chi connectivity index (χ0) is 21.6. The molecule has 154 valence electrons. The maximum absolute atomic E-state index is 12.2. The first-order chi connectivity index (χ1) is 13.7. The lowest BCUT2D eigenvalue weighted by Gasteiger charge is -2.15. The van der Waals surface area contributed by atoms with Crippen molar-refractivity contribution in [2.24, 2.45) is 0 Å². The normalized spacial score (nSPS) is 11.3. The summed E-state index contributed by atoms with van der Waals surface area (Å²) in [5.41, 5.74) is 4.14. The standard InChI is InChI=1S/C22H27N3O4/c1-14-6-7-17(12-15(14)2)22(28)23-13-20(26)29-16(3)21(27)24-18-8-10-19(11-9-18)25(4)5/h6-12,16H,13H2,1-5H3,(H,23,28)(H,24,27)/t16-/m1/s1. The molecule has 0 heterocycles. The molecule has 0 aliphatic carbocycles. The van der Waals surface area contributed by atoms with Gasteiger partial charge in [0, 0.05) is 31.0 Å². The number of esters is 1. The van der Waals surface area contributed by atoms with Gasteiger partial charge in [-0.1, -0.05) is 6.07 Å². The molecule has 0 aliphatic heterocycles. The van der Waals surface area contributed by atoms with Crippen LogP contribution in [-0.4, -0.2) is 44.5 Å². The van der Waals surface area contributed by atoms with Crippen LogP contribution in [0.25, 0.3) is 0 Å². The molecule has 0 aromatic heterocycles. The molecule has 2 aromatic carbocycles. The summed E-state index contributed by atoms with van der Waals surface area (Å²) >= 11 is 0. The van der Waals surface area contributed by atoms with E-state index in [4.69, 9.17) is 4.74 Å². The molecule has 2 rings (SSSR count). The number of nitrogens with one attached hydrogen (secondary N) is 2. The zero-order valence-electron chi connectivity index (χ0n) is 17.4. The van der Waals surface area contributed by atoms with E-state index < -0.39 is 18.0 Å². The van der Waals surface area contributed by atoms with E-state index in [9.17, 15) is 14.4 Å². The van der Waals surface area contributed by atoms with Crippen LogP contribution in [0.2, 0.25) is 0 Å². The summed E-state index contributed by atoms with van der Waals surface area (Å²) in [6, 6.07) is 12.6. The van der Waals surface area contributed by atoms with E-state index in [1.807, 2.05) is 51.0 Å². The van der Waals surface area contributed by atoms with Gasteiger partial charge in [-0.25, -0.2) is 0 Å².